The lowest BCUT2D eigenvalue weighted by Crippen LogP contribution is -2.41. The topological polar surface area (TPSA) is 109 Å². The van der Waals surface area contributed by atoms with Crippen LogP contribution in [0, 0.1) is 0 Å². The van der Waals surface area contributed by atoms with Crippen molar-refractivity contribution >= 4 is 17.6 Å². The average molecular weight is 567 g/mol. The zero-order valence-electron chi connectivity index (χ0n) is 24.5. The third kappa shape index (κ3) is 7.05. The lowest BCUT2D eigenvalue weighted by Gasteiger charge is -2.28. The molecule has 2 heterocycles. The van der Waals surface area contributed by atoms with Gasteiger partial charge in [-0.1, -0.05) is 62.3 Å². The summed E-state index contributed by atoms with van der Waals surface area (Å²) in [6.45, 7) is 8.49. The minimum Gasteiger partial charge on any atom is -0.480 e. The Kier molecular flexibility index (Phi) is 8.71. The second-order valence-corrected chi connectivity index (χ2v) is 11.9. The van der Waals surface area contributed by atoms with Gasteiger partial charge in [0.25, 0.3) is 11.8 Å². The molecule has 0 saturated carbocycles. The van der Waals surface area contributed by atoms with Crippen LogP contribution in [0.1, 0.15) is 67.9 Å². The second-order valence-electron chi connectivity index (χ2n) is 11.9. The number of benzene rings is 3. The molecule has 8 heteroatoms. The van der Waals surface area contributed by atoms with Gasteiger partial charge >= 0.3 is 5.97 Å². The quantitative estimate of drug-likeness (QED) is 0.238. The predicted octanol–water partition coefficient (Wildman–Crippen LogP) is 6.51. The molecule has 5 rings (SSSR count). The number of nitrogens with one attached hydrogen (secondary N) is 1. The van der Waals surface area contributed by atoms with Gasteiger partial charge in [-0.3, -0.25) is 4.79 Å². The van der Waals surface area contributed by atoms with E-state index in [0.717, 1.165) is 35.3 Å². The first-order valence-electron chi connectivity index (χ1n) is 14.6. The molecule has 0 bridgehead atoms. The van der Waals surface area contributed by atoms with Gasteiger partial charge in [-0.2, -0.15) is 4.98 Å². The summed E-state index contributed by atoms with van der Waals surface area (Å²) in [7, 11) is 0. The Morgan fingerprint density at radius 3 is 2.17 bits per heavy atom. The van der Waals surface area contributed by atoms with Crippen LogP contribution >= 0.6 is 0 Å². The van der Waals surface area contributed by atoms with Crippen molar-refractivity contribution in [1.29, 1.82) is 0 Å². The number of amides is 1. The summed E-state index contributed by atoms with van der Waals surface area (Å²) in [5.74, 6) is -0.501. The van der Waals surface area contributed by atoms with E-state index in [4.69, 9.17) is 4.52 Å². The van der Waals surface area contributed by atoms with E-state index in [0.29, 0.717) is 23.7 Å². The van der Waals surface area contributed by atoms with Gasteiger partial charge in [0, 0.05) is 35.5 Å². The average Bonchev–Trinajstić information content (AvgIpc) is 3.50. The van der Waals surface area contributed by atoms with Crippen LogP contribution in [-0.2, 0) is 16.6 Å². The largest absolute Gasteiger partial charge is 0.480 e. The highest BCUT2D eigenvalue weighted by Gasteiger charge is 2.22. The molecule has 0 unspecified atom stereocenters. The van der Waals surface area contributed by atoms with Crippen LogP contribution in [0.3, 0.4) is 0 Å². The van der Waals surface area contributed by atoms with Crippen LogP contribution in [-0.4, -0.2) is 46.3 Å². The molecule has 1 atom stereocenters. The van der Waals surface area contributed by atoms with E-state index >= 15 is 0 Å². The number of rotatable bonds is 9. The fourth-order valence-corrected chi connectivity index (χ4v) is 5.18. The van der Waals surface area contributed by atoms with Gasteiger partial charge in [-0.25, -0.2) is 4.79 Å². The van der Waals surface area contributed by atoms with E-state index in [2.05, 4.69) is 53.3 Å². The Morgan fingerprint density at radius 1 is 0.905 bits per heavy atom. The van der Waals surface area contributed by atoms with Crippen molar-refractivity contribution in [2.45, 2.75) is 64.3 Å². The van der Waals surface area contributed by atoms with Crippen LogP contribution in [0.15, 0.2) is 77.3 Å². The van der Waals surface area contributed by atoms with E-state index in [9.17, 15) is 14.7 Å². The number of carbonyl (C=O) groups is 2. The Morgan fingerprint density at radius 2 is 1.55 bits per heavy atom. The minimum absolute atomic E-state index is 0.0287. The molecule has 1 saturated heterocycles. The van der Waals surface area contributed by atoms with Gasteiger partial charge in [-0.15, -0.1) is 0 Å². The van der Waals surface area contributed by atoms with Gasteiger partial charge in [0.2, 0.25) is 5.82 Å². The second kappa shape index (κ2) is 12.6. The summed E-state index contributed by atoms with van der Waals surface area (Å²) < 4.78 is 5.54. The highest BCUT2D eigenvalue weighted by Crippen LogP contribution is 2.27. The number of aromatic nitrogens is 2. The summed E-state index contributed by atoms with van der Waals surface area (Å²) in [6.07, 6.45) is 4.52. The number of nitrogens with zero attached hydrogens (tertiary/aromatic N) is 3. The molecule has 3 aromatic carbocycles. The smallest absolute Gasteiger partial charge is 0.326 e. The maximum absolute atomic E-state index is 12.7. The van der Waals surface area contributed by atoms with Crippen LogP contribution in [0.25, 0.3) is 22.8 Å². The number of hydrogen-bond acceptors (Lipinski definition) is 6. The van der Waals surface area contributed by atoms with Crippen LogP contribution in [0.4, 0.5) is 5.69 Å². The third-order valence-corrected chi connectivity index (χ3v) is 7.81. The Balaban J connectivity index is 1.17. The Hall–Kier alpha value is -4.46. The Bertz CT molecular complexity index is 1500. The normalized spacial score (nSPS) is 14.4. The molecule has 218 valence electrons. The number of hydrogen-bond donors (Lipinski definition) is 2. The summed E-state index contributed by atoms with van der Waals surface area (Å²) in [5.41, 5.74) is 5.36. The highest BCUT2D eigenvalue weighted by molar-refractivity contribution is 5.96. The number of carboxylic acid groups (broad SMARTS) is 1. The van der Waals surface area contributed by atoms with Crippen molar-refractivity contribution < 1.29 is 19.2 Å². The van der Waals surface area contributed by atoms with Crippen molar-refractivity contribution in [2.75, 3.05) is 18.0 Å². The number of carboxylic acids is 1. The van der Waals surface area contributed by atoms with Crippen LogP contribution in [0.5, 0.6) is 0 Å². The number of carbonyl (C=O) groups excluding carboxylic acids is 1. The standard InChI is InChI=1S/C34H38N4O4/c1-34(2,3)27-16-12-25(13-17-27)31(39)35-29(33(40)41)20-9-23-7-10-24(11-8-23)30-36-32(42-37-30)26-14-18-28(19-15-26)38-21-5-4-6-22-38/h7-8,10-19,29H,4-6,9,20-22H2,1-3H3,(H,35,39)(H,40,41)/t29-/m0/s1. The first-order valence-corrected chi connectivity index (χ1v) is 14.6. The molecule has 1 aliphatic rings. The maximum Gasteiger partial charge on any atom is 0.326 e. The molecule has 42 heavy (non-hydrogen) atoms. The molecule has 1 aliphatic heterocycles. The van der Waals surface area contributed by atoms with Gasteiger partial charge in [-0.05, 0) is 85.0 Å². The molecule has 1 aromatic heterocycles. The Labute approximate surface area is 246 Å². The summed E-state index contributed by atoms with van der Waals surface area (Å²) in [5, 5.41) is 16.6. The van der Waals surface area contributed by atoms with E-state index < -0.39 is 17.9 Å². The highest BCUT2D eigenvalue weighted by atomic mass is 16.5. The minimum atomic E-state index is -1.06. The zero-order valence-corrected chi connectivity index (χ0v) is 24.5. The van der Waals surface area contributed by atoms with Gasteiger partial charge in [0.05, 0.1) is 0 Å². The molecule has 4 aromatic rings. The fourth-order valence-electron chi connectivity index (χ4n) is 5.18. The van der Waals surface area contributed by atoms with Gasteiger partial charge in [0.15, 0.2) is 0 Å². The molecule has 1 fully saturated rings. The third-order valence-electron chi connectivity index (χ3n) is 7.81. The van der Waals surface area contributed by atoms with Gasteiger partial charge < -0.3 is 19.8 Å². The van der Waals surface area contributed by atoms with Crippen molar-refractivity contribution in [3.05, 3.63) is 89.5 Å². The summed E-state index contributed by atoms with van der Waals surface area (Å²) >= 11 is 0. The molecule has 1 amide bonds. The first-order chi connectivity index (χ1) is 20.2. The molecular formula is C34H38N4O4. The van der Waals surface area contributed by atoms with Crippen LogP contribution < -0.4 is 10.2 Å². The van der Waals surface area contributed by atoms with E-state index in [1.54, 1.807) is 12.1 Å². The van der Waals surface area contributed by atoms with Crippen molar-refractivity contribution in [3.63, 3.8) is 0 Å². The predicted molar refractivity (Wildman–Crippen MR) is 164 cm³/mol. The lowest BCUT2D eigenvalue weighted by molar-refractivity contribution is -0.139. The molecular weight excluding hydrogens is 528 g/mol. The van der Waals surface area contributed by atoms with Crippen molar-refractivity contribution in [1.82, 2.24) is 15.5 Å². The first kappa shape index (κ1) is 29.0. The summed E-state index contributed by atoms with van der Waals surface area (Å²) in [6, 6.07) is 22.2. The SMILES string of the molecule is CC(C)(C)c1ccc(C(=O)N[C@@H](CCc2ccc(-c3noc(-c4ccc(N5CCCCC5)cc4)n3)cc2)C(=O)O)cc1. The maximum atomic E-state index is 12.7. The molecule has 0 aliphatic carbocycles. The lowest BCUT2D eigenvalue weighted by atomic mass is 9.86. The van der Waals surface area contributed by atoms with Crippen LogP contribution in [0.2, 0.25) is 0 Å². The molecule has 2 N–H and O–H groups in total. The molecule has 0 radical (unpaired) electrons. The summed E-state index contributed by atoms with van der Waals surface area (Å²) in [4.78, 5) is 31.6. The monoisotopic (exact) mass is 566 g/mol. The van der Waals surface area contributed by atoms with Crippen molar-refractivity contribution in [2.24, 2.45) is 0 Å². The number of aliphatic carboxylic acids is 1. The number of piperidine rings is 1. The fraction of sp³-hybridized carbons (Fsp3) is 0.353. The van der Waals surface area contributed by atoms with E-state index in [1.165, 1.54) is 24.9 Å². The van der Waals surface area contributed by atoms with Crippen molar-refractivity contribution in [3.8, 4) is 22.8 Å². The van der Waals surface area contributed by atoms with E-state index in [1.807, 2.05) is 48.5 Å². The molecule has 8 nitrogen and oxygen atoms in total. The van der Waals surface area contributed by atoms with Gasteiger partial charge in [0.1, 0.15) is 6.04 Å². The number of aryl methyl sites for hydroxylation is 1. The zero-order chi connectivity index (χ0) is 29.7. The number of anilines is 1. The molecule has 0 spiro atoms. The van der Waals surface area contributed by atoms with E-state index in [-0.39, 0.29) is 11.8 Å².